The third-order valence-corrected chi connectivity index (χ3v) is 6.19. The standard InChI is InChI=1S/C26H21NO7S/c1-3-33-26(31)22-23(28)21(35-24(22)27-15-8-10-16(32-2)11-9-15)14-17-12-13-20(34-17)18-6-4-5-7-19(18)25(29)30/h4-14,22H,3H2,1-2H3,(H,29,30)/p-1/b21-14-,27-24?. The summed E-state index contributed by atoms with van der Waals surface area (Å²) in [6, 6.07) is 16.4. The number of methoxy groups -OCH3 is 1. The first-order valence-corrected chi connectivity index (χ1v) is 11.5. The highest BCUT2D eigenvalue weighted by atomic mass is 32.2. The average molecular weight is 491 g/mol. The fourth-order valence-electron chi connectivity index (χ4n) is 3.46. The number of hydrogen-bond acceptors (Lipinski definition) is 9. The van der Waals surface area contributed by atoms with Crippen LogP contribution in [0.3, 0.4) is 0 Å². The highest BCUT2D eigenvalue weighted by Crippen LogP contribution is 2.39. The number of carboxylic acids is 1. The summed E-state index contributed by atoms with van der Waals surface area (Å²) < 4.78 is 16.0. The van der Waals surface area contributed by atoms with Crippen LogP contribution in [0.2, 0.25) is 0 Å². The zero-order valence-electron chi connectivity index (χ0n) is 18.8. The molecule has 1 atom stereocenters. The summed E-state index contributed by atoms with van der Waals surface area (Å²) >= 11 is 1.06. The molecule has 1 unspecified atom stereocenters. The number of nitrogens with zero attached hydrogens (tertiary/aromatic N) is 1. The molecule has 0 bridgehead atoms. The van der Waals surface area contributed by atoms with Gasteiger partial charge in [-0.05, 0) is 49.4 Å². The van der Waals surface area contributed by atoms with Crippen molar-refractivity contribution in [1.82, 2.24) is 0 Å². The predicted molar refractivity (Wildman–Crippen MR) is 129 cm³/mol. The summed E-state index contributed by atoms with van der Waals surface area (Å²) in [6.45, 7) is 1.79. The van der Waals surface area contributed by atoms with Crippen LogP contribution in [-0.4, -0.2) is 36.5 Å². The number of aromatic carboxylic acids is 1. The molecule has 0 radical (unpaired) electrons. The Labute approximate surface area is 205 Å². The highest BCUT2D eigenvalue weighted by molar-refractivity contribution is 8.19. The summed E-state index contributed by atoms with van der Waals surface area (Å²) in [4.78, 5) is 41.9. The van der Waals surface area contributed by atoms with Gasteiger partial charge in [0.25, 0.3) is 0 Å². The molecule has 0 saturated carbocycles. The van der Waals surface area contributed by atoms with E-state index in [4.69, 9.17) is 13.9 Å². The monoisotopic (exact) mass is 490 g/mol. The van der Waals surface area contributed by atoms with E-state index in [-0.39, 0.29) is 17.1 Å². The Hall–Kier alpha value is -4.11. The normalized spacial score (nSPS) is 17.7. The quantitative estimate of drug-likeness (QED) is 0.278. The van der Waals surface area contributed by atoms with E-state index in [0.717, 1.165) is 11.8 Å². The molecule has 9 heteroatoms. The summed E-state index contributed by atoms with van der Waals surface area (Å²) in [5.41, 5.74) is 0.896. The van der Waals surface area contributed by atoms with E-state index in [1.165, 1.54) is 12.1 Å². The van der Waals surface area contributed by atoms with Gasteiger partial charge in [0, 0.05) is 11.1 Å². The van der Waals surface area contributed by atoms with Crippen molar-refractivity contribution in [2.45, 2.75) is 6.92 Å². The van der Waals surface area contributed by atoms with Gasteiger partial charge in [-0.1, -0.05) is 36.0 Å². The van der Waals surface area contributed by atoms with E-state index >= 15 is 0 Å². The molecule has 178 valence electrons. The molecule has 0 N–H and O–H groups in total. The smallest absolute Gasteiger partial charge is 0.323 e. The molecule has 1 aliphatic rings. The number of carbonyl (C=O) groups excluding carboxylic acids is 3. The Balaban J connectivity index is 1.67. The van der Waals surface area contributed by atoms with Crippen LogP contribution in [-0.2, 0) is 14.3 Å². The minimum atomic E-state index is -1.32. The van der Waals surface area contributed by atoms with E-state index in [0.29, 0.717) is 33.6 Å². The number of ether oxygens (including phenoxy) is 2. The van der Waals surface area contributed by atoms with Gasteiger partial charge in [-0.2, -0.15) is 0 Å². The second-order valence-corrected chi connectivity index (χ2v) is 8.41. The van der Waals surface area contributed by atoms with Crippen molar-refractivity contribution >= 4 is 46.3 Å². The second-order valence-electron chi connectivity index (χ2n) is 7.34. The van der Waals surface area contributed by atoms with E-state index in [9.17, 15) is 19.5 Å². The number of benzene rings is 2. The molecule has 0 amide bonds. The van der Waals surface area contributed by atoms with Crippen LogP contribution >= 0.6 is 11.8 Å². The number of carbonyl (C=O) groups is 3. The van der Waals surface area contributed by atoms with Gasteiger partial charge < -0.3 is 23.8 Å². The number of thioether (sulfide) groups is 1. The van der Waals surface area contributed by atoms with Crippen LogP contribution in [0.15, 0.2) is 75.0 Å². The molecule has 35 heavy (non-hydrogen) atoms. The SMILES string of the molecule is CCOC(=O)C1C(=O)/C(=C/c2ccc(-c3ccccc3C(=O)[O-])o2)SC1=Nc1ccc(OC)cc1. The largest absolute Gasteiger partial charge is 0.545 e. The van der Waals surface area contributed by atoms with Crippen LogP contribution in [0.1, 0.15) is 23.0 Å². The summed E-state index contributed by atoms with van der Waals surface area (Å²) in [6.07, 6.45) is 1.50. The maximum absolute atomic E-state index is 13.1. The second kappa shape index (κ2) is 10.4. The zero-order chi connectivity index (χ0) is 24.9. The highest BCUT2D eigenvalue weighted by Gasteiger charge is 2.43. The average Bonchev–Trinajstić information content (AvgIpc) is 3.44. The van der Waals surface area contributed by atoms with Crippen molar-refractivity contribution < 1.29 is 33.4 Å². The van der Waals surface area contributed by atoms with Crippen LogP contribution < -0.4 is 9.84 Å². The molecule has 1 fully saturated rings. The number of allylic oxidation sites excluding steroid dienone is 1. The van der Waals surface area contributed by atoms with Crippen molar-refractivity contribution in [3.05, 3.63) is 76.9 Å². The number of esters is 1. The lowest BCUT2D eigenvalue weighted by molar-refractivity contribution is -0.255. The number of furan rings is 1. The maximum atomic E-state index is 13.1. The van der Waals surface area contributed by atoms with Gasteiger partial charge in [0.1, 0.15) is 22.3 Å². The Morgan fingerprint density at radius 1 is 1.11 bits per heavy atom. The van der Waals surface area contributed by atoms with E-state index < -0.39 is 23.6 Å². The minimum Gasteiger partial charge on any atom is -0.545 e. The van der Waals surface area contributed by atoms with Crippen LogP contribution in [0, 0.1) is 5.92 Å². The Morgan fingerprint density at radius 2 is 1.86 bits per heavy atom. The molecule has 8 nitrogen and oxygen atoms in total. The van der Waals surface area contributed by atoms with Crippen molar-refractivity contribution in [1.29, 1.82) is 0 Å². The summed E-state index contributed by atoms with van der Waals surface area (Å²) in [5.74, 6) is -2.35. The first-order valence-electron chi connectivity index (χ1n) is 10.6. The van der Waals surface area contributed by atoms with Gasteiger partial charge in [-0.15, -0.1) is 0 Å². The molecule has 3 aromatic rings. The molecular weight excluding hydrogens is 470 g/mol. The van der Waals surface area contributed by atoms with Crippen molar-refractivity contribution in [2.24, 2.45) is 10.9 Å². The molecule has 2 heterocycles. The first-order chi connectivity index (χ1) is 16.9. The van der Waals surface area contributed by atoms with Crippen LogP contribution in [0.5, 0.6) is 5.75 Å². The molecule has 1 aliphatic heterocycles. The maximum Gasteiger partial charge on any atom is 0.323 e. The number of carboxylic acid groups (broad SMARTS) is 1. The van der Waals surface area contributed by atoms with Gasteiger partial charge in [0.2, 0.25) is 0 Å². The van der Waals surface area contributed by atoms with Crippen LogP contribution in [0.25, 0.3) is 17.4 Å². The fourth-order valence-corrected chi connectivity index (χ4v) is 4.55. The number of Topliss-reactive ketones (excluding diaryl/α,β-unsaturated/α-hetero) is 1. The van der Waals surface area contributed by atoms with E-state index in [2.05, 4.69) is 4.99 Å². The molecule has 0 spiro atoms. The summed E-state index contributed by atoms with van der Waals surface area (Å²) in [7, 11) is 1.55. The van der Waals surface area contributed by atoms with Crippen LogP contribution in [0.4, 0.5) is 5.69 Å². The topological polar surface area (TPSA) is 118 Å². The van der Waals surface area contributed by atoms with Gasteiger partial charge in [-0.25, -0.2) is 4.99 Å². The van der Waals surface area contributed by atoms with Gasteiger partial charge in [-0.3, -0.25) is 9.59 Å². The molecule has 4 rings (SSSR count). The van der Waals surface area contributed by atoms with E-state index in [1.54, 1.807) is 68.6 Å². The van der Waals surface area contributed by atoms with Crippen molar-refractivity contribution in [3.8, 4) is 17.1 Å². The number of ketones is 1. The Bertz CT molecular complexity index is 1340. The lowest BCUT2D eigenvalue weighted by Gasteiger charge is -2.08. The predicted octanol–water partition coefficient (Wildman–Crippen LogP) is 3.89. The third kappa shape index (κ3) is 5.20. The number of aliphatic imine (C=N–C) groups is 1. The number of rotatable bonds is 7. The van der Waals surface area contributed by atoms with Gasteiger partial charge in [0.05, 0.1) is 30.3 Å². The van der Waals surface area contributed by atoms with Gasteiger partial charge in [0.15, 0.2) is 11.7 Å². The molecule has 1 saturated heterocycles. The summed E-state index contributed by atoms with van der Waals surface area (Å²) in [5, 5.41) is 11.7. The minimum absolute atomic E-state index is 0.0105. The van der Waals surface area contributed by atoms with Gasteiger partial charge >= 0.3 is 5.97 Å². The fraction of sp³-hybridized carbons (Fsp3) is 0.154. The molecule has 2 aromatic carbocycles. The number of hydrogen-bond donors (Lipinski definition) is 0. The van der Waals surface area contributed by atoms with Crippen molar-refractivity contribution in [2.75, 3.05) is 13.7 Å². The lowest BCUT2D eigenvalue weighted by Crippen LogP contribution is -2.27. The lowest BCUT2D eigenvalue weighted by atomic mass is 10.1. The zero-order valence-corrected chi connectivity index (χ0v) is 19.7. The van der Waals surface area contributed by atoms with Crippen molar-refractivity contribution in [3.63, 3.8) is 0 Å². The Kier molecular flexibility index (Phi) is 7.17. The Morgan fingerprint density at radius 3 is 2.54 bits per heavy atom. The third-order valence-electron chi connectivity index (χ3n) is 5.11. The molecule has 1 aromatic heterocycles. The first kappa shape index (κ1) is 24.0. The molecular formula is C26H20NO7S-. The molecule has 0 aliphatic carbocycles. The van der Waals surface area contributed by atoms with E-state index in [1.807, 2.05) is 0 Å².